The van der Waals surface area contributed by atoms with Crippen LogP contribution in [-0.2, 0) is 25.6 Å². The minimum absolute atomic E-state index is 0.0446. The summed E-state index contributed by atoms with van der Waals surface area (Å²) in [6, 6.07) is 6.53. The number of rotatable bonds is 8. The van der Waals surface area contributed by atoms with Crippen molar-refractivity contribution in [3.05, 3.63) is 50.6 Å². The van der Waals surface area contributed by atoms with E-state index < -0.39 is 42.5 Å². The molecule has 3 rings (SSSR count). The third-order valence-electron chi connectivity index (χ3n) is 4.59. The van der Waals surface area contributed by atoms with Crippen LogP contribution in [0.3, 0.4) is 0 Å². The van der Waals surface area contributed by atoms with Gasteiger partial charge in [-0.3, -0.25) is 19.2 Å². The number of anilines is 1. The number of fused-ring (bicyclic) bond motifs is 1. The van der Waals surface area contributed by atoms with E-state index in [9.17, 15) is 24.0 Å². The lowest BCUT2D eigenvalue weighted by atomic mass is 10.1. The van der Waals surface area contributed by atoms with Crippen LogP contribution in [0.5, 0.6) is 0 Å². The largest absolute Gasteiger partial charge is 0.462 e. The van der Waals surface area contributed by atoms with Gasteiger partial charge in [0.2, 0.25) is 0 Å². The number of amides is 2. The normalized spacial score (nSPS) is 10.6. The lowest BCUT2D eigenvalue weighted by Crippen LogP contribution is -2.30. The van der Waals surface area contributed by atoms with E-state index in [1.807, 2.05) is 0 Å². The molecule has 1 aromatic carbocycles. The van der Waals surface area contributed by atoms with E-state index in [0.29, 0.717) is 11.1 Å². The SMILES string of the molecule is CCOC(=O)c1c(NC(=O)COC(=O)Cn2nnc3ccccc3c2=O)sc(C(=O)NC)c1C. The van der Waals surface area contributed by atoms with Crippen molar-refractivity contribution in [2.24, 2.45) is 0 Å². The summed E-state index contributed by atoms with van der Waals surface area (Å²) in [5, 5.41) is 12.9. The number of hydrogen-bond donors (Lipinski definition) is 2. The van der Waals surface area contributed by atoms with Crippen LogP contribution in [0.2, 0.25) is 0 Å². The Balaban J connectivity index is 1.68. The van der Waals surface area contributed by atoms with Gasteiger partial charge in [-0.2, -0.15) is 4.68 Å². The van der Waals surface area contributed by atoms with Crippen LogP contribution in [0, 0.1) is 6.92 Å². The van der Waals surface area contributed by atoms with E-state index >= 15 is 0 Å². The monoisotopic (exact) mass is 487 g/mol. The maximum atomic E-state index is 12.4. The fraction of sp³-hybridized carbons (Fsp3) is 0.286. The van der Waals surface area contributed by atoms with Crippen molar-refractivity contribution in [3.63, 3.8) is 0 Å². The molecule has 0 spiro atoms. The highest BCUT2D eigenvalue weighted by Gasteiger charge is 2.26. The molecule has 0 aliphatic carbocycles. The van der Waals surface area contributed by atoms with Gasteiger partial charge in [0.25, 0.3) is 17.4 Å². The number of esters is 2. The molecular formula is C21H21N5O7S. The minimum atomic E-state index is -0.888. The van der Waals surface area contributed by atoms with Gasteiger partial charge < -0.3 is 20.1 Å². The predicted octanol–water partition coefficient (Wildman–Crippen LogP) is 0.880. The average Bonchev–Trinajstić information content (AvgIpc) is 3.15. The standard InChI is InChI=1S/C21H21N5O7S/c1-4-32-21(31)16-11(2)17(18(29)22-3)34-19(16)23-14(27)10-33-15(28)9-26-20(30)12-7-5-6-8-13(12)24-25-26/h5-8H,4,9-10H2,1-3H3,(H,22,29)(H,23,27). The molecule has 178 valence electrons. The maximum absolute atomic E-state index is 12.4. The smallest absolute Gasteiger partial charge is 0.341 e. The molecule has 3 aromatic rings. The van der Waals surface area contributed by atoms with Gasteiger partial charge >= 0.3 is 11.9 Å². The van der Waals surface area contributed by atoms with Crippen molar-refractivity contribution in [1.29, 1.82) is 0 Å². The molecule has 2 amide bonds. The molecule has 2 heterocycles. The molecule has 0 saturated heterocycles. The lowest BCUT2D eigenvalue weighted by Gasteiger charge is -2.08. The molecule has 2 N–H and O–H groups in total. The first-order valence-electron chi connectivity index (χ1n) is 10.1. The fourth-order valence-electron chi connectivity index (χ4n) is 2.98. The Kier molecular flexibility index (Phi) is 7.68. The predicted molar refractivity (Wildman–Crippen MR) is 122 cm³/mol. The Hall–Kier alpha value is -4.13. The van der Waals surface area contributed by atoms with Gasteiger partial charge in [-0.1, -0.05) is 17.3 Å². The number of ether oxygens (including phenoxy) is 2. The number of aromatic nitrogens is 3. The van der Waals surface area contributed by atoms with Crippen molar-refractivity contribution in [2.45, 2.75) is 20.4 Å². The zero-order chi connectivity index (χ0) is 24.8. The highest BCUT2D eigenvalue weighted by Crippen LogP contribution is 2.33. The van der Waals surface area contributed by atoms with Crippen LogP contribution in [0.25, 0.3) is 10.9 Å². The summed E-state index contributed by atoms with van der Waals surface area (Å²) in [7, 11) is 1.44. The average molecular weight is 487 g/mol. The van der Waals surface area contributed by atoms with Crippen LogP contribution in [0.4, 0.5) is 5.00 Å². The van der Waals surface area contributed by atoms with Gasteiger partial charge in [0.15, 0.2) is 6.61 Å². The van der Waals surface area contributed by atoms with Crippen LogP contribution in [0.1, 0.15) is 32.5 Å². The van der Waals surface area contributed by atoms with Crippen molar-refractivity contribution >= 4 is 51.0 Å². The first kappa shape index (κ1) is 24.5. The summed E-state index contributed by atoms with van der Waals surface area (Å²) < 4.78 is 10.8. The molecule has 0 saturated carbocycles. The second kappa shape index (κ2) is 10.7. The lowest BCUT2D eigenvalue weighted by molar-refractivity contribution is -0.148. The number of benzene rings is 1. The molecule has 0 aliphatic heterocycles. The van der Waals surface area contributed by atoms with Crippen molar-refractivity contribution in [3.8, 4) is 0 Å². The van der Waals surface area contributed by atoms with E-state index in [2.05, 4.69) is 20.9 Å². The maximum Gasteiger partial charge on any atom is 0.341 e. The van der Waals surface area contributed by atoms with E-state index in [1.54, 1.807) is 38.1 Å². The molecule has 34 heavy (non-hydrogen) atoms. The Morgan fingerprint density at radius 1 is 1.15 bits per heavy atom. The van der Waals surface area contributed by atoms with Crippen LogP contribution < -0.4 is 16.2 Å². The van der Waals surface area contributed by atoms with Gasteiger partial charge in [0.05, 0.1) is 22.4 Å². The molecule has 0 atom stereocenters. The zero-order valence-corrected chi connectivity index (χ0v) is 19.4. The molecular weight excluding hydrogens is 466 g/mol. The number of carbonyl (C=O) groups excluding carboxylic acids is 4. The summed E-state index contributed by atoms with van der Waals surface area (Å²) in [5.41, 5.74) is 0.255. The Labute approximate surface area is 196 Å². The number of nitrogens with one attached hydrogen (secondary N) is 2. The molecule has 12 nitrogen and oxygen atoms in total. The summed E-state index contributed by atoms with van der Waals surface area (Å²) >= 11 is 0.892. The zero-order valence-electron chi connectivity index (χ0n) is 18.5. The molecule has 0 radical (unpaired) electrons. The Morgan fingerprint density at radius 2 is 1.88 bits per heavy atom. The molecule has 0 aliphatic rings. The van der Waals surface area contributed by atoms with Crippen molar-refractivity contribution in [2.75, 3.05) is 25.6 Å². The molecule has 13 heteroatoms. The summed E-state index contributed by atoms with van der Waals surface area (Å²) in [6.45, 7) is 2.05. The molecule has 0 bridgehead atoms. The topological polar surface area (TPSA) is 159 Å². The number of carbonyl (C=O) groups is 4. The Morgan fingerprint density at radius 3 is 2.59 bits per heavy atom. The van der Waals surface area contributed by atoms with Crippen molar-refractivity contribution < 1.29 is 28.7 Å². The quantitative estimate of drug-likeness (QED) is 0.440. The second-order valence-corrected chi connectivity index (χ2v) is 7.86. The summed E-state index contributed by atoms with van der Waals surface area (Å²) in [5.74, 6) is -2.77. The minimum Gasteiger partial charge on any atom is -0.462 e. The number of nitrogens with zero attached hydrogens (tertiary/aromatic N) is 3. The molecule has 0 unspecified atom stereocenters. The van der Waals surface area contributed by atoms with E-state index in [4.69, 9.17) is 9.47 Å². The Bertz CT molecular complexity index is 1330. The summed E-state index contributed by atoms with van der Waals surface area (Å²) in [6.07, 6.45) is 0. The fourth-order valence-corrected chi connectivity index (χ4v) is 4.14. The second-order valence-electron chi connectivity index (χ2n) is 6.84. The van der Waals surface area contributed by atoms with Gasteiger partial charge in [-0.15, -0.1) is 16.4 Å². The van der Waals surface area contributed by atoms with Crippen LogP contribution in [-0.4, -0.2) is 59.0 Å². The highest BCUT2D eigenvalue weighted by molar-refractivity contribution is 7.18. The van der Waals surface area contributed by atoms with Gasteiger partial charge in [-0.25, -0.2) is 4.79 Å². The van der Waals surface area contributed by atoms with Gasteiger partial charge in [0, 0.05) is 7.05 Å². The first-order valence-corrected chi connectivity index (χ1v) is 10.9. The highest BCUT2D eigenvalue weighted by atomic mass is 32.1. The van der Waals surface area contributed by atoms with Gasteiger partial charge in [-0.05, 0) is 31.5 Å². The molecule has 2 aromatic heterocycles. The number of thiophene rings is 1. The van der Waals surface area contributed by atoms with E-state index in [1.165, 1.54) is 7.05 Å². The van der Waals surface area contributed by atoms with Crippen LogP contribution >= 0.6 is 11.3 Å². The van der Waals surface area contributed by atoms with E-state index in [0.717, 1.165) is 16.0 Å². The third kappa shape index (κ3) is 5.26. The van der Waals surface area contributed by atoms with Crippen LogP contribution in [0.15, 0.2) is 29.1 Å². The summed E-state index contributed by atoms with van der Waals surface area (Å²) in [4.78, 5) is 61.6. The number of hydrogen-bond acceptors (Lipinski definition) is 10. The third-order valence-corrected chi connectivity index (χ3v) is 5.79. The first-order chi connectivity index (χ1) is 16.3. The molecule has 0 fully saturated rings. The van der Waals surface area contributed by atoms with Crippen molar-refractivity contribution in [1.82, 2.24) is 20.3 Å². The van der Waals surface area contributed by atoms with E-state index in [-0.39, 0.29) is 27.4 Å². The van der Waals surface area contributed by atoms with Gasteiger partial charge in [0.1, 0.15) is 17.1 Å².